The third kappa shape index (κ3) is 6.86. The molecule has 1 aromatic carbocycles. The van der Waals surface area contributed by atoms with Crippen molar-refractivity contribution in [2.24, 2.45) is 5.41 Å². The van der Waals surface area contributed by atoms with E-state index in [0.29, 0.717) is 12.5 Å². The lowest BCUT2D eigenvalue weighted by Gasteiger charge is -2.22. The topological polar surface area (TPSA) is 78.5 Å². The number of nitrogens with one attached hydrogen (secondary N) is 2. The first-order valence-corrected chi connectivity index (χ1v) is 8.96. The van der Waals surface area contributed by atoms with Gasteiger partial charge in [0.25, 0.3) is 0 Å². The van der Waals surface area contributed by atoms with E-state index in [-0.39, 0.29) is 37.9 Å². The molecule has 0 spiro atoms. The van der Waals surface area contributed by atoms with Gasteiger partial charge in [0.05, 0.1) is 12.2 Å². The van der Waals surface area contributed by atoms with Crippen molar-refractivity contribution in [1.82, 2.24) is 10.2 Å². The normalized spacial score (nSPS) is 11.1. The Kier molecular flexibility index (Phi) is 8.46. The number of halogens is 3. The summed E-state index contributed by atoms with van der Waals surface area (Å²) in [6.45, 7) is 7.07. The molecule has 0 bridgehead atoms. The van der Waals surface area contributed by atoms with Crippen LogP contribution in [0.2, 0.25) is 0 Å². The fourth-order valence-electron chi connectivity index (χ4n) is 2.25. The number of rotatable bonds is 8. The Balaban J connectivity index is 2.66. The van der Waals surface area contributed by atoms with Crippen LogP contribution in [0.15, 0.2) is 12.1 Å². The molecule has 0 aliphatic heterocycles. The number of amides is 3. The Bertz CT molecular complexity index is 733. The number of nitrogens with zero attached hydrogens (tertiary/aromatic N) is 1. The molecule has 2 N–H and O–H groups in total. The van der Waals surface area contributed by atoms with Crippen LogP contribution < -0.4 is 10.6 Å². The van der Waals surface area contributed by atoms with E-state index in [1.165, 1.54) is 4.90 Å². The number of carbonyl (C=O) groups is 3. The zero-order chi connectivity index (χ0) is 21.5. The first kappa shape index (κ1) is 23.5. The van der Waals surface area contributed by atoms with Gasteiger partial charge in [-0.2, -0.15) is 0 Å². The van der Waals surface area contributed by atoms with Crippen LogP contribution >= 0.6 is 0 Å². The van der Waals surface area contributed by atoms with Crippen LogP contribution in [-0.2, 0) is 14.4 Å². The predicted molar refractivity (Wildman–Crippen MR) is 98.9 cm³/mol. The highest BCUT2D eigenvalue weighted by Gasteiger charge is 2.22. The van der Waals surface area contributed by atoms with E-state index in [4.69, 9.17) is 0 Å². The number of benzene rings is 1. The van der Waals surface area contributed by atoms with Gasteiger partial charge in [-0.15, -0.1) is 0 Å². The van der Waals surface area contributed by atoms with Crippen LogP contribution in [0.25, 0.3) is 0 Å². The van der Waals surface area contributed by atoms with Crippen LogP contribution in [0.1, 0.15) is 40.5 Å². The molecule has 0 aromatic heterocycles. The smallest absolute Gasteiger partial charge is 0.244 e. The van der Waals surface area contributed by atoms with Gasteiger partial charge in [0.1, 0.15) is 0 Å². The van der Waals surface area contributed by atoms with Crippen molar-refractivity contribution < 1.29 is 27.6 Å². The molecule has 28 heavy (non-hydrogen) atoms. The summed E-state index contributed by atoms with van der Waals surface area (Å²) in [5, 5.41) is 4.78. The molecular formula is C19H26F3N3O3. The molecule has 0 heterocycles. The monoisotopic (exact) mass is 401 g/mol. The Labute approximate surface area is 162 Å². The van der Waals surface area contributed by atoms with Gasteiger partial charge in [-0.25, -0.2) is 13.2 Å². The SMILES string of the molecule is CCCN(CC(=O)Nc1ccc(F)c(F)c1F)C(=O)CCNC(=O)C(C)(C)C. The van der Waals surface area contributed by atoms with E-state index in [1.54, 1.807) is 20.8 Å². The van der Waals surface area contributed by atoms with Gasteiger partial charge in [-0.05, 0) is 18.6 Å². The molecule has 3 amide bonds. The lowest BCUT2D eigenvalue weighted by Crippen LogP contribution is -2.41. The maximum atomic E-state index is 13.7. The molecule has 0 aliphatic rings. The van der Waals surface area contributed by atoms with E-state index in [9.17, 15) is 27.6 Å². The molecule has 0 radical (unpaired) electrons. The van der Waals surface area contributed by atoms with Gasteiger partial charge < -0.3 is 15.5 Å². The number of hydrogen-bond acceptors (Lipinski definition) is 3. The van der Waals surface area contributed by atoms with Gasteiger partial charge >= 0.3 is 0 Å². The van der Waals surface area contributed by atoms with Crippen molar-refractivity contribution in [1.29, 1.82) is 0 Å². The lowest BCUT2D eigenvalue weighted by molar-refractivity contribution is -0.135. The maximum Gasteiger partial charge on any atom is 0.244 e. The van der Waals surface area contributed by atoms with Crippen molar-refractivity contribution in [2.45, 2.75) is 40.5 Å². The number of hydrogen-bond donors (Lipinski definition) is 2. The van der Waals surface area contributed by atoms with Crippen LogP contribution in [0.3, 0.4) is 0 Å². The first-order valence-electron chi connectivity index (χ1n) is 8.96. The summed E-state index contributed by atoms with van der Waals surface area (Å²) in [6.07, 6.45) is 0.571. The predicted octanol–water partition coefficient (Wildman–Crippen LogP) is 2.83. The van der Waals surface area contributed by atoms with E-state index in [0.717, 1.165) is 6.07 Å². The molecule has 0 atom stereocenters. The summed E-state index contributed by atoms with van der Waals surface area (Å²) < 4.78 is 39.8. The fraction of sp³-hybridized carbons (Fsp3) is 0.526. The van der Waals surface area contributed by atoms with E-state index in [2.05, 4.69) is 10.6 Å². The standard InChI is InChI=1S/C19H26F3N3O3/c1-5-10-25(15(27)8-9-23-18(28)19(2,3)4)11-14(26)24-13-7-6-12(20)16(21)17(13)22/h6-7H,5,8-11H2,1-4H3,(H,23,28)(H,24,26). The molecule has 0 unspecified atom stereocenters. The van der Waals surface area contributed by atoms with Crippen molar-refractivity contribution in [3.8, 4) is 0 Å². The summed E-state index contributed by atoms with van der Waals surface area (Å²) in [4.78, 5) is 37.5. The average molecular weight is 401 g/mol. The second-order valence-corrected chi connectivity index (χ2v) is 7.34. The summed E-state index contributed by atoms with van der Waals surface area (Å²) in [5.74, 6) is -5.87. The van der Waals surface area contributed by atoms with Gasteiger partial charge in [-0.3, -0.25) is 14.4 Å². The van der Waals surface area contributed by atoms with Crippen LogP contribution in [0.5, 0.6) is 0 Å². The minimum atomic E-state index is -1.69. The quantitative estimate of drug-likeness (QED) is 0.658. The molecule has 0 saturated carbocycles. The molecule has 1 rings (SSSR count). The van der Waals surface area contributed by atoms with Crippen LogP contribution in [-0.4, -0.2) is 42.3 Å². The Morgan fingerprint density at radius 2 is 1.71 bits per heavy atom. The van der Waals surface area contributed by atoms with E-state index in [1.807, 2.05) is 6.92 Å². The van der Waals surface area contributed by atoms with Crippen molar-refractivity contribution in [2.75, 3.05) is 25.0 Å². The molecule has 1 aromatic rings. The van der Waals surface area contributed by atoms with Gasteiger partial charge in [0.2, 0.25) is 17.7 Å². The van der Waals surface area contributed by atoms with Crippen LogP contribution in [0.4, 0.5) is 18.9 Å². The molecule has 0 fully saturated rings. The summed E-state index contributed by atoms with van der Waals surface area (Å²) in [6, 6.07) is 1.60. The van der Waals surface area contributed by atoms with Gasteiger partial charge in [0, 0.05) is 24.9 Å². The second kappa shape index (κ2) is 10.1. The van der Waals surface area contributed by atoms with Gasteiger partial charge in [-0.1, -0.05) is 27.7 Å². The van der Waals surface area contributed by atoms with Gasteiger partial charge in [0.15, 0.2) is 17.5 Å². The highest BCUT2D eigenvalue weighted by atomic mass is 19.2. The molecule has 0 aliphatic carbocycles. The van der Waals surface area contributed by atoms with E-state index >= 15 is 0 Å². The highest BCUT2D eigenvalue weighted by Crippen LogP contribution is 2.19. The summed E-state index contributed by atoms with van der Waals surface area (Å²) in [7, 11) is 0. The summed E-state index contributed by atoms with van der Waals surface area (Å²) in [5.41, 5.74) is -1.09. The average Bonchev–Trinajstić information content (AvgIpc) is 2.60. The van der Waals surface area contributed by atoms with Crippen LogP contribution in [0, 0.1) is 22.9 Å². The molecule has 9 heteroatoms. The maximum absolute atomic E-state index is 13.7. The Morgan fingerprint density at radius 1 is 1.07 bits per heavy atom. The second-order valence-electron chi connectivity index (χ2n) is 7.34. The minimum Gasteiger partial charge on any atom is -0.355 e. The minimum absolute atomic E-state index is 0.00532. The highest BCUT2D eigenvalue weighted by molar-refractivity contribution is 5.94. The zero-order valence-electron chi connectivity index (χ0n) is 16.5. The van der Waals surface area contributed by atoms with E-state index < -0.39 is 34.5 Å². The van der Waals surface area contributed by atoms with Crippen molar-refractivity contribution in [3.63, 3.8) is 0 Å². The first-order chi connectivity index (χ1) is 13.0. The number of anilines is 1. The third-order valence-corrected chi connectivity index (χ3v) is 3.80. The Morgan fingerprint density at radius 3 is 2.29 bits per heavy atom. The molecular weight excluding hydrogens is 375 g/mol. The third-order valence-electron chi connectivity index (χ3n) is 3.80. The Hall–Kier alpha value is -2.58. The lowest BCUT2D eigenvalue weighted by atomic mass is 9.96. The molecule has 0 saturated heterocycles. The largest absolute Gasteiger partial charge is 0.355 e. The molecule has 156 valence electrons. The fourth-order valence-corrected chi connectivity index (χ4v) is 2.25. The number of carbonyl (C=O) groups excluding carboxylic acids is 3. The van der Waals surface area contributed by atoms with Crippen molar-refractivity contribution in [3.05, 3.63) is 29.6 Å². The zero-order valence-corrected chi connectivity index (χ0v) is 16.5. The molecule has 6 nitrogen and oxygen atoms in total. The van der Waals surface area contributed by atoms with Crippen molar-refractivity contribution >= 4 is 23.4 Å². The summed E-state index contributed by atoms with van der Waals surface area (Å²) >= 11 is 0.